The standard InChI is InChI=1S/C17H25N3O.2ClH/c1-13(17(21)19-16-6-9-18-10-7-16)20-11-8-14-4-2-3-5-15(14)12-20;;/h2-5,13,16,18H,6-12H2,1H3,(H,19,21);2*1H. The van der Waals surface area contributed by atoms with E-state index in [4.69, 9.17) is 0 Å². The second-order valence-corrected chi connectivity index (χ2v) is 6.20. The smallest absolute Gasteiger partial charge is 0.237 e. The molecule has 1 amide bonds. The van der Waals surface area contributed by atoms with Gasteiger partial charge in [-0.05, 0) is 50.4 Å². The van der Waals surface area contributed by atoms with Crippen LogP contribution in [0, 0.1) is 0 Å². The van der Waals surface area contributed by atoms with Crippen LogP contribution in [0.25, 0.3) is 0 Å². The Kier molecular flexibility index (Phi) is 8.34. The number of nitrogens with one attached hydrogen (secondary N) is 2. The fourth-order valence-electron chi connectivity index (χ4n) is 3.30. The molecule has 1 aromatic rings. The van der Waals surface area contributed by atoms with Crippen molar-refractivity contribution in [2.24, 2.45) is 0 Å². The van der Waals surface area contributed by atoms with Crippen LogP contribution < -0.4 is 10.6 Å². The highest BCUT2D eigenvalue weighted by molar-refractivity contribution is 5.85. The quantitative estimate of drug-likeness (QED) is 0.868. The molecule has 2 aliphatic rings. The molecule has 0 spiro atoms. The van der Waals surface area contributed by atoms with Crippen molar-refractivity contribution in [1.29, 1.82) is 0 Å². The molecule has 1 unspecified atom stereocenters. The van der Waals surface area contributed by atoms with Crippen LogP contribution in [-0.4, -0.2) is 42.5 Å². The molecule has 0 aliphatic carbocycles. The Morgan fingerprint density at radius 2 is 1.87 bits per heavy atom. The second-order valence-electron chi connectivity index (χ2n) is 6.20. The Hall–Kier alpha value is -0.810. The highest BCUT2D eigenvalue weighted by atomic mass is 35.5. The van der Waals surface area contributed by atoms with Crippen molar-refractivity contribution in [2.75, 3.05) is 19.6 Å². The van der Waals surface area contributed by atoms with E-state index in [9.17, 15) is 4.79 Å². The summed E-state index contributed by atoms with van der Waals surface area (Å²) in [5, 5.41) is 6.55. The monoisotopic (exact) mass is 359 g/mol. The number of amides is 1. The number of fused-ring (bicyclic) bond motifs is 1. The van der Waals surface area contributed by atoms with Gasteiger partial charge >= 0.3 is 0 Å². The maximum Gasteiger partial charge on any atom is 0.237 e. The van der Waals surface area contributed by atoms with Gasteiger partial charge in [0.25, 0.3) is 0 Å². The molecule has 3 rings (SSSR count). The summed E-state index contributed by atoms with van der Waals surface area (Å²) in [5.41, 5.74) is 2.80. The van der Waals surface area contributed by atoms with E-state index in [1.807, 2.05) is 6.92 Å². The second kappa shape index (κ2) is 9.48. The molecule has 0 aromatic heterocycles. The molecule has 23 heavy (non-hydrogen) atoms. The van der Waals surface area contributed by atoms with E-state index < -0.39 is 0 Å². The van der Waals surface area contributed by atoms with Crippen LogP contribution in [0.3, 0.4) is 0 Å². The van der Waals surface area contributed by atoms with Gasteiger partial charge in [0.2, 0.25) is 5.91 Å². The largest absolute Gasteiger partial charge is 0.352 e. The summed E-state index contributed by atoms with van der Waals surface area (Å²) in [6.45, 7) is 5.91. The minimum absolute atomic E-state index is 0. The molecule has 130 valence electrons. The maximum atomic E-state index is 12.4. The van der Waals surface area contributed by atoms with Gasteiger partial charge in [-0.15, -0.1) is 24.8 Å². The van der Waals surface area contributed by atoms with Gasteiger partial charge in [0.1, 0.15) is 0 Å². The third kappa shape index (κ3) is 5.08. The first kappa shape index (κ1) is 20.2. The van der Waals surface area contributed by atoms with Crippen molar-refractivity contribution in [3.05, 3.63) is 35.4 Å². The molecule has 0 radical (unpaired) electrons. The summed E-state index contributed by atoms with van der Waals surface area (Å²) in [6, 6.07) is 8.86. The topological polar surface area (TPSA) is 44.4 Å². The number of carbonyl (C=O) groups excluding carboxylic acids is 1. The first-order valence-corrected chi connectivity index (χ1v) is 8.06. The molecular formula is C17H27Cl2N3O. The van der Waals surface area contributed by atoms with Crippen LogP contribution in [0.5, 0.6) is 0 Å². The average molecular weight is 360 g/mol. The molecule has 1 saturated heterocycles. The van der Waals surface area contributed by atoms with E-state index >= 15 is 0 Å². The predicted octanol–water partition coefficient (Wildman–Crippen LogP) is 2.15. The maximum absolute atomic E-state index is 12.4. The fraction of sp³-hybridized carbons (Fsp3) is 0.588. The van der Waals surface area contributed by atoms with Gasteiger partial charge in [-0.3, -0.25) is 9.69 Å². The van der Waals surface area contributed by atoms with E-state index in [2.05, 4.69) is 39.8 Å². The van der Waals surface area contributed by atoms with E-state index in [0.29, 0.717) is 6.04 Å². The van der Waals surface area contributed by atoms with Crippen molar-refractivity contribution in [3.63, 3.8) is 0 Å². The van der Waals surface area contributed by atoms with Gasteiger partial charge in [-0.2, -0.15) is 0 Å². The van der Waals surface area contributed by atoms with Crippen molar-refractivity contribution in [1.82, 2.24) is 15.5 Å². The number of benzene rings is 1. The van der Waals surface area contributed by atoms with Crippen molar-refractivity contribution < 1.29 is 4.79 Å². The summed E-state index contributed by atoms with van der Waals surface area (Å²) in [7, 11) is 0. The predicted molar refractivity (Wildman–Crippen MR) is 98.5 cm³/mol. The van der Waals surface area contributed by atoms with Gasteiger partial charge in [-0.1, -0.05) is 24.3 Å². The molecule has 1 fully saturated rings. The van der Waals surface area contributed by atoms with Crippen molar-refractivity contribution in [2.45, 2.75) is 44.8 Å². The molecule has 6 heteroatoms. The van der Waals surface area contributed by atoms with Crippen LogP contribution >= 0.6 is 24.8 Å². The summed E-state index contributed by atoms with van der Waals surface area (Å²) < 4.78 is 0. The molecule has 1 atom stereocenters. The zero-order valence-corrected chi connectivity index (χ0v) is 15.2. The number of rotatable bonds is 3. The lowest BCUT2D eigenvalue weighted by atomic mass is 9.98. The molecule has 2 N–H and O–H groups in total. The third-order valence-electron chi connectivity index (χ3n) is 4.77. The van der Waals surface area contributed by atoms with E-state index in [1.165, 1.54) is 11.1 Å². The van der Waals surface area contributed by atoms with Crippen molar-refractivity contribution >= 4 is 30.7 Å². The third-order valence-corrected chi connectivity index (χ3v) is 4.77. The van der Waals surface area contributed by atoms with Crippen LogP contribution in [0.1, 0.15) is 30.9 Å². The van der Waals surface area contributed by atoms with Crippen LogP contribution in [0.15, 0.2) is 24.3 Å². The van der Waals surface area contributed by atoms with E-state index in [1.54, 1.807) is 0 Å². The number of nitrogens with zero attached hydrogens (tertiary/aromatic N) is 1. The number of hydrogen-bond acceptors (Lipinski definition) is 3. The van der Waals surface area contributed by atoms with Gasteiger partial charge in [-0.25, -0.2) is 0 Å². The first-order valence-electron chi connectivity index (χ1n) is 8.06. The number of piperidine rings is 1. The number of hydrogen-bond donors (Lipinski definition) is 2. The summed E-state index contributed by atoms with van der Waals surface area (Å²) in [5.74, 6) is 0.182. The minimum atomic E-state index is -0.0479. The summed E-state index contributed by atoms with van der Waals surface area (Å²) in [6.07, 6.45) is 3.13. The summed E-state index contributed by atoms with van der Waals surface area (Å²) >= 11 is 0. The lowest BCUT2D eigenvalue weighted by molar-refractivity contribution is -0.127. The Morgan fingerprint density at radius 3 is 2.57 bits per heavy atom. The first-order chi connectivity index (χ1) is 10.2. The SMILES string of the molecule is CC(C(=O)NC1CCNCC1)N1CCc2ccccc2C1.Cl.Cl. The minimum Gasteiger partial charge on any atom is -0.352 e. The normalized spacial score (nSPS) is 19.7. The zero-order valence-electron chi connectivity index (χ0n) is 13.6. The molecular weight excluding hydrogens is 333 g/mol. The molecule has 1 aromatic carbocycles. The van der Waals surface area contributed by atoms with Crippen molar-refractivity contribution in [3.8, 4) is 0 Å². The Morgan fingerprint density at radius 1 is 1.22 bits per heavy atom. The van der Waals surface area contributed by atoms with Crippen LogP contribution in [-0.2, 0) is 17.8 Å². The highest BCUT2D eigenvalue weighted by Gasteiger charge is 2.26. The lowest BCUT2D eigenvalue weighted by Crippen LogP contribution is -2.51. The molecule has 0 bridgehead atoms. The highest BCUT2D eigenvalue weighted by Crippen LogP contribution is 2.20. The van der Waals surface area contributed by atoms with Crippen LogP contribution in [0.4, 0.5) is 0 Å². The molecule has 2 heterocycles. The average Bonchev–Trinajstić information content (AvgIpc) is 2.54. The number of halogens is 2. The summed E-state index contributed by atoms with van der Waals surface area (Å²) in [4.78, 5) is 14.7. The lowest BCUT2D eigenvalue weighted by Gasteiger charge is -2.34. The fourth-order valence-corrected chi connectivity index (χ4v) is 3.30. The molecule has 4 nitrogen and oxygen atoms in total. The van der Waals surface area contributed by atoms with Gasteiger partial charge in [0.15, 0.2) is 0 Å². The Labute approximate surface area is 151 Å². The molecule has 0 saturated carbocycles. The van der Waals surface area contributed by atoms with Crippen LogP contribution in [0.2, 0.25) is 0 Å². The van der Waals surface area contributed by atoms with Gasteiger partial charge in [0, 0.05) is 19.1 Å². The molecule has 2 aliphatic heterocycles. The number of carbonyl (C=O) groups is 1. The van der Waals surface area contributed by atoms with Gasteiger partial charge < -0.3 is 10.6 Å². The van der Waals surface area contributed by atoms with E-state index in [0.717, 1.165) is 45.4 Å². The van der Waals surface area contributed by atoms with E-state index in [-0.39, 0.29) is 36.8 Å². The van der Waals surface area contributed by atoms with Gasteiger partial charge in [0.05, 0.1) is 6.04 Å². The Balaban J connectivity index is 0.00000132. The zero-order chi connectivity index (χ0) is 14.7. The Bertz CT molecular complexity index is 506.